The Bertz CT molecular complexity index is 408. The monoisotopic (exact) mass is 301 g/mol. The molecule has 0 aliphatic carbocycles. The predicted molar refractivity (Wildman–Crippen MR) is 70.8 cm³/mol. The number of rotatable bonds is 2. The van der Waals surface area contributed by atoms with Crippen molar-refractivity contribution >= 4 is 21.6 Å². The van der Waals surface area contributed by atoms with Crippen molar-refractivity contribution in [2.75, 3.05) is 11.9 Å². The van der Waals surface area contributed by atoms with Crippen LogP contribution in [-0.4, -0.2) is 18.2 Å². The molecule has 1 aliphatic heterocycles. The third-order valence-electron chi connectivity index (χ3n) is 2.99. The molecular formula is C13H17BrFNO. The lowest BCUT2D eigenvalue weighted by Gasteiger charge is -2.36. The summed E-state index contributed by atoms with van der Waals surface area (Å²) in [5.41, 5.74) is 0.431. The van der Waals surface area contributed by atoms with Crippen LogP contribution in [0.1, 0.15) is 26.7 Å². The molecule has 17 heavy (non-hydrogen) atoms. The van der Waals surface area contributed by atoms with E-state index in [0.717, 1.165) is 23.9 Å². The molecule has 4 heteroatoms. The minimum absolute atomic E-state index is 0.127. The summed E-state index contributed by atoms with van der Waals surface area (Å²) in [7, 11) is 0. The second-order valence-electron chi connectivity index (χ2n) is 5.07. The Balaban J connectivity index is 2.07. The highest BCUT2D eigenvalue weighted by atomic mass is 79.9. The van der Waals surface area contributed by atoms with Gasteiger partial charge in [0.05, 0.1) is 11.3 Å². The first-order valence-corrected chi connectivity index (χ1v) is 6.61. The Morgan fingerprint density at radius 3 is 2.94 bits per heavy atom. The van der Waals surface area contributed by atoms with E-state index in [0.29, 0.717) is 5.69 Å². The van der Waals surface area contributed by atoms with Crippen LogP contribution in [-0.2, 0) is 4.74 Å². The van der Waals surface area contributed by atoms with E-state index in [2.05, 4.69) is 35.1 Å². The molecule has 1 saturated heterocycles. The second-order valence-corrected chi connectivity index (χ2v) is 5.98. The van der Waals surface area contributed by atoms with Crippen molar-refractivity contribution in [1.82, 2.24) is 0 Å². The van der Waals surface area contributed by atoms with Gasteiger partial charge in [0.2, 0.25) is 0 Å². The molecule has 94 valence electrons. The number of ether oxygens (including phenoxy) is 1. The number of nitrogens with one attached hydrogen (secondary N) is 1. The Kier molecular flexibility index (Phi) is 3.73. The van der Waals surface area contributed by atoms with Gasteiger partial charge in [0, 0.05) is 17.1 Å². The van der Waals surface area contributed by atoms with Gasteiger partial charge < -0.3 is 10.1 Å². The molecule has 1 fully saturated rings. The highest BCUT2D eigenvalue weighted by Crippen LogP contribution is 2.28. The zero-order valence-corrected chi connectivity index (χ0v) is 11.7. The highest BCUT2D eigenvalue weighted by Gasteiger charge is 2.29. The van der Waals surface area contributed by atoms with Crippen LogP contribution >= 0.6 is 15.9 Å². The first-order valence-electron chi connectivity index (χ1n) is 5.82. The molecule has 1 N–H and O–H groups in total. The topological polar surface area (TPSA) is 21.3 Å². The average Bonchev–Trinajstić information content (AvgIpc) is 2.22. The maximum absolute atomic E-state index is 13.6. The van der Waals surface area contributed by atoms with Crippen LogP contribution in [0.2, 0.25) is 0 Å². The molecule has 0 aromatic heterocycles. The van der Waals surface area contributed by atoms with Crippen molar-refractivity contribution in [1.29, 1.82) is 0 Å². The largest absolute Gasteiger partial charge is 0.380 e. The van der Waals surface area contributed by atoms with Gasteiger partial charge in [-0.2, -0.15) is 0 Å². The SMILES string of the molecule is CC1(C)CC(Nc2cc(Br)ccc2F)CCO1. The zero-order valence-electron chi connectivity index (χ0n) is 10.1. The summed E-state index contributed by atoms with van der Waals surface area (Å²) in [5.74, 6) is -0.211. The van der Waals surface area contributed by atoms with E-state index < -0.39 is 0 Å². The molecule has 0 spiro atoms. The molecule has 1 atom stereocenters. The van der Waals surface area contributed by atoms with Crippen molar-refractivity contribution in [3.8, 4) is 0 Å². The van der Waals surface area contributed by atoms with E-state index in [9.17, 15) is 4.39 Å². The Labute approximate surface area is 110 Å². The van der Waals surface area contributed by atoms with E-state index >= 15 is 0 Å². The van der Waals surface area contributed by atoms with Gasteiger partial charge in [0.15, 0.2) is 0 Å². The first-order chi connectivity index (χ1) is 7.96. The van der Waals surface area contributed by atoms with Gasteiger partial charge in [0.1, 0.15) is 5.82 Å². The summed E-state index contributed by atoms with van der Waals surface area (Å²) in [4.78, 5) is 0. The van der Waals surface area contributed by atoms with E-state index in [4.69, 9.17) is 4.74 Å². The molecule has 2 rings (SSSR count). The van der Waals surface area contributed by atoms with Crippen LogP contribution in [0.25, 0.3) is 0 Å². The summed E-state index contributed by atoms with van der Waals surface area (Å²) >= 11 is 3.35. The normalized spacial score (nSPS) is 23.4. The fraction of sp³-hybridized carbons (Fsp3) is 0.538. The number of anilines is 1. The molecule has 2 nitrogen and oxygen atoms in total. The maximum atomic E-state index is 13.6. The van der Waals surface area contributed by atoms with Gasteiger partial charge in [-0.1, -0.05) is 15.9 Å². The molecule has 1 aliphatic rings. The van der Waals surface area contributed by atoms with Gasteiger partial charge in [0.25, 0.3) is 0 Å². The van der Waals surface area contributed by atoms with Crippen molar-refractivity contribution in [3.05, 3.63) is 28.5 Å². The van der Waals surface area contributed by atoms with Crippen molar-refractivity contribution in [3.63, 3.8) is 0 Å². The minimum atomic E-state index is -0.211. The van der Waals surface area contributed by atoms with Gasteiger partial charge in [-0.3, -0.25) is 0 Å². The van der Waals surface area contributed by atoms with E-state index in [-0.39, 0.29) is 17.5 Å². The molecular weight excluding hydrogens is 285 g/mol. The molecule has 0 radical (unpaired) electrons. The fourth-order valence-electron chi connectivity index (χ4n) is 2.18. The molecule has 0 bridgehead atoms. The summed E-state index contributed by atoms with van der Waals surface area (Å²) in [6, 6.07) is 5.21. The number of halogens is 2. The predicted octanol–water partition coefficient (Wildman–Crippen LogP) is 3.96. The number of hydrogen-bond acceptors (Lipinski definition) is 2. The van der Waals surface area contributed by atoms with Gasteiger partial charge in [-0.05, 0) is 44.9 Å². The molecule has 0 saturated carbocycles. The van der Waals surface area contributed by atoms with Crippen LogP contribution in [0.4, 0.5) is 10.1 Å². The summed E-state index contributed by atoms with van der Waals surface area (Å²) in [6.45, 7) is 4.86. The quantitative estimate of drug-likeness (QED) is 0.893. The van der Waals surface area contributed by atoms with Crippen molar-refractivity contribution < 1.29 is 9.13 Å². The van der Waals surface area contributed by atoms with Crippen LogP contribution in [0, 0.1) is 5.82 Å². The van der Waals surface area contributed by atoms with Gasteiger partial charge >= 0.3 is 0 Å². The molecule has 1 aromatic carbocycles. The lowest BCUT2D eigenvalue weighted by molar-refractivity contribution is -0.0553. The Morgan fingerprint density at radius 1 is 1.47 bits per heavy atom. The first kappa shape index (κ1) is 12.8. The molecule has 0 amide bonds. The zero-order chi connectivity index (χ0) is 12.5. The van der Waals surface area contributed by atoms with E-state index in [1.54, 1.807) is 12.1 Å². The van der Waals surface area contributed by atoms with Crippen LogP contribution in [0.3, 0.4) is 0 Å². The highest BCUT2D eigenvalue weighted by molar-refractivity contribution is 9.10. The van der Waals surface area contributed by atoms with Crippen molar-refractivity contribution in [2.45, 2.75) is 38.3 Å². The van der Waals surface area contributed by atoms with Crippen LogP contribution < -0.4 is 5.32 Å². The summed E-state index contributed by atoms with van der Waals surface area (Å²) < 4.78 is 20.1. The molecule has 1 aromatic rings. The Hall–Kier alpha value is -0.610. The van der Waals surface area contributed by atoms with Crippen LogP contribution in [0.5, 0.6) is 0 Å². The lowest BCUT2D eigenvalue weighted by Crippen LogP contribution is -2.40. The molecule has 1 unspecified atom stereocenters. The van der Waals surface area contributed by atoms with Crippen molar-refractivity contribution in [2.24, 2.45) is 0 Å². The smallest absolute Gasteiger partial charge is 0.146 e. The standard InChI is InChI=1S/C13H17BrFNO/c1-13(2)8-10(5-6-17-13)16-12-7-9(14)3-4-11(12)15/h3-4,7,10,16H,5-6,8H2,1-2H3. The third kappa shape index (κ3) is 3.42. The molecule has 1 heterocycles. The lowest BCUT2D eigenvalue weighted by atomic mass is 9.94. The maximum Gasteiger partial charge on any atom is 0.146 e. The number of hydrogen-bond donors (Lipinski definition) is 1. The van der Waals surface area contributed by atoms with Crippen LogP contribution in [0.15, 0.2) is 22.7 Å². The fourth-order valence-corrected chi connectivity index (χ4v) is 2.54. The van der Waals surface area contributed by atoms with Gasteiger partial charge in [-0.25, -0.2) is 4.39 Å². The summed E-state index contributed by atoms with van der Waals surface area (Å²) in [6.07, 6.45) is 1.80. The Morgan fingerprint density at radius 2 is 2.24 bits per heavy atom. The van der Waals surface area contributed by atoms with E-state index in [1.807, 2.05) is 0 Å². The van der Waals surface area contributed by atoms with Gasteiger partial charge in [-0.15, -0.1) is 0 Å². The summed E-state index contributed by atoms with van der Waals surface area (Å²) in [5, 5.41) is 3.26. The minimum Gasteiger partial charge on any atom is -0.380 e. The third-order valence-corrected chi connectivity index (χ3v) is 3.48. The number of benzene rings is 1. The van der Waals surface area contributed by atoms with E-state index in [1.165, 1.54) is 6.07 Å². The second kappa shape index (κ2) is 4.94. The average molecular weight is 302 g/mol.